The van der Waals surface area contributed by atoms with E-state index in [-0.39, 0.29) is 22.6 Å². The zero-order valence-electron chi connectivity index (χ0n) is 16.0. The van der Waals surface area contributed by atoms with Crippen molar-refractivity contribution in [3.63, 3.8) is 0 Å². The quantitative estimate of drug-likeness (QED) is 0.648. The van der Waals surface area contributed by atoms with Crippen LogP contribution >= 0.6 is 0 Å². The number of carbonyl (C=O) groups is 3. The minimum absolute atomic E-state index is 0.188. The van der Waals surface area contributed by atoms with E-state index >= 15 is 0 Å². The van der Waals surface area contributed by atoms with E-state index in [0.29, 0.717) is 5.82 Å². The number of benzene rings is 2. The van der Waals surface area contributed by atoms with Crippen molar-refractivity contribution in [1.29, 1.82) is 0 Å². The van der Waals surface area contributed by atoms with Crippen molar-refractivity contribution < 1.29 is 19.5 Å². The third-order valence-electron chi connectivity index (χ3n) is 5.14. The highest BCUT2D eigenvalue weighted by Gasteiger charge is 2.40. The molecule has 1 aliphatic heterocycles. The highest BCUT2D eigenvalue weighted by molar-refractivity contribution is 6.34. The van der Waals surface area contributed by atoms with Crippen LogP contribution in [0.5, 0.6) is 0 Å². The van der Waals surface area contributed by atoms with E-state index < -0.39 is 17.8 Å². The number of aromatic nitrogens is 2. The van der Waals surface area contributed by atoms with Crippen LogP contribution in [0.2, 0.25) is 0 Å². The Morgan fingerprint density at radius 2 is 1.52 bits per heavy atom. The summed E-state index contributed by atoms with van der Waals surface area (Å²) in [6.07, 6.45) is 1.46. The van der Waals surface area contributed by atoms with Crippen LogP contribution in [-0.4, -0.2) is 32.9 Å². The molecule has 2 amide bonds. The number of hydrogen-bond donors (Lipinski definition) is 2. The highest BCUT2D eigenvalue weighted by atomic mass is 16.4. The van der Waals surface area contributed by atoms with Crippen molar-refractivity contribution >= 4 is 23.6 Å². The molecular formula is C22H19N3O4. The first kappa shape index (κ1) is 18.6. The lowest BCUT2D eigenvalue weighted by atomic mass is 9.97. The second-order valence-electron chi connectivity index (χ2n) is 6.74. The molecule has 0 atom stereocenters. The normalized spacial score (nSPS) is 13.1. The molecule has 1 aliphatic rings. The van der Waals surface area contributed by atoms with Gasteiger partial charge in [-0.1, -0.05) is 44.2 Å². The Hall–Kier alpha value is -3.74. The number of carboxylic acids is 1. The van der Waals surface area contributed by atoms with Gasteiger partial charge in [-0.2, -0.15) is 0 Å². The van der Waals surface area contributed by atoms with Gasteiger partial charge < -0.3 is 10.1 Å². The summed E-state index contributed by atoms with van der Waals surface area (Å²) in [5.41, 5.74) is 3.00. The van der Waals surface area contributed by atoms with Crippen molar-refractivity contribution in [3.8, 4) is 11.4 Å². The number of imide groups is 1. The Labute approximate surface area is 167 Å². The number of anilines is 1. The van der Waals surface area contributed by atoms with Crippen molar-refractivity contribution in [2.45, 2.75) is 26.7 Å². The number of aromatic carboxylic acids is 1. The lowest BCUT2D eigenvalue weighted by molar-refractivity contribution is 0.0692. The smallest absolute Gasteiger partial charge is 0.356 e. The van der Waals surface area contributed by atoms with E-state index in [2.05, 4.69) is 9.97 Å². The Morgan fingerprint density at radius 3 is 2.00 bits per heavy atom. The summed E-state index contributed by atoms with van der Waals surface area (Å²) in [6.45, 7) is 4.01. The molecule has 0 fully saturated rings. The molecule has 0 saturated carbocycles. The summed E-state index contributed by atoms with van der Waals surface area (Å²) < 4.78 is 0. The SMILES string of the molecule is CCc1cccc(CC)c1-c1nc(N2C(=O)c3ccccc3C2=O)c(C(=O)O)[nH]1. The average molecular weight is 389 g/mol. The van der Waals surface area contributed by atoms with E-state index in [1.165, 1.54) is 0 Å². The van der Waals surface area contributed by atoms with Crippen LogP contribution in [0, 0.1) is 0 Å². The maximum absolute atomic E-state index is 12.8. The molecule has 0 unspecified atom stereocenters. The Kier molecular flexibility index (Phi) is 4.50. The van der Waals surface area contributed by atoms with Crippen molar-refractivity contribution in [1.82, 2.24) is 9.97 Å². The molecule has 29 heavy (non-hydrogen) atoms. The Morgan fingerprint density at radius 1 is 0.966 bits per heavy atom. The minimum atomic E-state index is -1.29. The predicted octanol–water partition coefficient (Wildman–Crippen LogP) is 3.70. The number of aryl methyl sites for hydroxylation is 2. The van der Waals surface area contributed by atoms with E-state index in [1.54, 1.807) is 24.3 Å². The number of carbonyl (C=O) groups excluding carboxylic acids is 2. The van der Waals surface area contributed by atoms with Gasteiger partial charge in [0.05, 0.1) is 11.1 Å². The molecular weight excluding hydrogens is 370 g/mol. The Balaban J connectivity index is 1.91. The number of fused-ring (bicyclic) bond motifs is 1. The number of H-pyrrole nitrogens is 1. The van der Waals surface area contributed by atoms with Gasteiger partial charge in [0.2, 0.25) is 0 Å². The second kappa shape index (κ2) is 7.01. The minimum Gasteiger partial charge on any atom is -0.476 e. The fourth-order valence-electron chi connectivity index (χ4n) is 3.72. The molecule has 1 aromatic heterocycles. The highest BCUT2D eigenvalue weighted by Crippen LogP contribution is 2.34. The van der Waals surface area contributed by atoms with Crippen molar-refractivity contribution in [2.24, 2.45) is 0 Å². The topological polar surface area (TPSA) is 103 Å². The summed E-state index contributed by atoms with van der Waals surface area (Å²) in [7, 11) is 0. The number of nitrogens with one attached hydrogen (secondary N) is 1. The molecule has 0 bridgehead atoms. The van der Waals surface area contributed by atoms with Gasteiger partial charge in [0.15, 0.2) is 11.5 Å². The zero-order chi connectivity index (χ0) is 20.7. The number of rotatable bonds is 5. The average Bonchev–Trinajstić information content (AvgIpc) is 3.27. The Bertz CT molecular complexity index is 1110. The third kappa shape index (κ3) is 2.82. The van der Waals surface area contributed by atoms with Gasteiger partial charge >= 0.3 is 5.97 Å². The number of amides is 2. The maximum atomic E-state index is 12.8. The number of hydrogen-bond acceptors (Lipinski definition) is 4. The molecule has 0 spiro atoms. The second-order valence-corrected chi connectivity index (χ2v) is 6.74. The van der Waals surface area contributed by atoms with Crippen LogP contribution in [0.4, 0.5) is 5.82 Å². The first-order valence-corrected chi connectivity index (χ1v) is 9.40. The first-order valence-electron chi connectivity index (χ1n) is 9.40. The van der Waals surface area contributed by atoms with Gasteiger partial charge in [-0.25, -0.2) is 14.7 Å². The molecule has 2 aromatic carbocycles. The van der Waals surface area contributed by atoms with E-state index in [0.717, 1.165) is 34.4 Å². The molecule has 2 heterocycles. The fraction of sp³-hybridized carbons (Fsp3) is 0.182. The molecule has 7 heteroatoms. The van der Waals surface area contributed by atoms with Crippen molar-refractivity contribution in [2.75, 3.05) is 4.90 Å². The summed E-state index contributed by atoms with van der Waals surface area (Å²) in [5, 5.41) is 9.71. The summed E-state index contributed by atoms with van der Waals surface area (Å²) in [6, 6.07) is 12.3. The van der Waals surface area contributed by atoms with Crippen molar-refractivity contribution in [3.05, 3.63) is 70.4 Å². The van der Waals surface area contributed by atoms with E-state index in [9.17, 15) is 19.5 Å². The van der Waals surface area contributed by atoms with Gasteiger partial charge in [0.25, 0.3) is 11.8 Å². The van der Waals surface area contributed by atoms with Crippen LogP contribution < -0.4 is 4.90 Å². The number of carboxylic acid groups (broad SMARTS) is 1. The maximum Gasteiger partial charge on any atom is 0.356 e. The predicted molar refractivity (Wildman–Crippen MR) is 107 cm³/mol. The van der Waals surface area contributed by atoms with Crippen LogP contribution in [0.25, 0.3) is 11.4 Å². The molecule has 3 aromatic rings. The van der Waals surface area contributed by atoms with Crippen LogP contribution in [0.15, 0.2) is 42.5 Å². The van der Waals surface area contributed by atoms with Crippen LogP contribution in [0.3, 0.4) is 0 Å². The van der Waals surface area contributed by atoms with Crippen LogP contribution in [0.1, 0.15) is 56.2 Å². The van der Waals surface area contributed by atoms with Gasteiger partial charge in [0.1, 0.15) is 5.82 Å². The summed E-state index contributed by atoms with van der Waals surface area (Å²) in [5.74, 6) is -2.30. The molecule has 0 radical (unpaired) electrons. The zero-order valence-corrected chi connectivity index (χ0v) is 16.0. The largest absolute Gasteiger partial charge is 0.476 e. The summed E-state index contributed by atoms with van der Waals surface area (Å²) >= 11 is 0. The lowest BCUT2D eigenvalue weighted by Crippen LogP contribution is -2.31. The number of nitrogens with zero attached hydrogens (tertiary/aromatic N) is 2. The van der Waals surface area contributed by atoms with Gasteiger partial charge in [-0.15, -0.1) is 0 Å². The number of imidazole rings is 1. The molecule has 7 nitrogen and oxygen atoms in total. The standard InChI is InChI=1S/C22H19N3O4/c1-3-12-8-7-9-13(4-2)16(12)18-23-17(22(28)29)19(24-18)25-20(26)14-10-5-6-11-15(14)21(25)27/h5-11H,3-4H2,1-2H3,(H,23,24)(H,28,29). The van der Waals surface area contributed by atoms with Crippen LogP contribution in [-0.2, 0) is 12.8 Å². The monoisotopic (exact) mass is 389 g/mol. The summed E-state index contributed by atoms with van der Waals surface area (Å²) in [4.78, 5) is 45.7. The molecule has 0 aliphatic carbocycles. The van der Waals surface area contributed by atoms with Gasteiger partial charge in [0, 0.05) is 5.56 Å². The fourth-order valence-corrected chi connectivity index (χ4v) is 3.72. The molecule has 4 rings (SSSR count). The lowest BCUT2D eigenvalue weighted by Gasteiger charge is -2.12. The number of aromatic amines is 1. The van der Waals surface area contributed by atoms with Gasteiger partial charge in [-0.3, -0.25) is 9.59 Å². The molecule has 2 N–H and O–H groups in total. The van der Waals surface area contributed by atoms with E-state index in [4.69, 9.17) is 0 Å². The molecule has 0 saturated heterocycles. The molecule has 146 valence electrons. The van der Waals surface area contributed by atoms with E-state index in [1.807, 2.05) is 32.0 Å². The first-order chi connectivity index (χ1) is 14.0. The van der Waals surface area contributed by atoms with Gasteiger partial charge in [-0.05, 0) is 36.1 Å². The third-order valence-corrected chi connectivity index (χ3v) is 5.14.